The second kappa shape index (κ2) is 4.38. The van der Waals surface area contributed by atoms with E-state index in [1.807, 2.05) is 0 Å². The van der Waals surface area contributed by atoms with Crippen LogP contribution in [0.5, 0.6) is 0 Å². The van der Waals surface area contributed by atoms with E-state index in [2.05, 4.69) is 4.74 Å². The number of carbonyl (C=O) groups is 2. The summed E-state index contributed by atoms with van der Waals surface area (Å²) < 4.78 is 4.47. The average Bonchev–Trinajstić information content (AvgIpc) is 1.85. The van der Waals surface area contributed by atoms with E-state index in [-0.39, 0.29) is 12.3 Å². The van der Waals surface area contributed by atoms with Gasteiger partial charge in [-0.1, -0.05) is 0 Å². The maximum absolute atomic E-state index is 10.9. The summed E-state index contributed by atoms with van der Waals surface area (Å²) in [6.07, 6.45) is 0. The van der Waals surface area contributed by atoms with Crippen molar-refractivity contribution in [2.24, 2.45) is 5.73 Å². The lowest BCUT2D eigenvalue weighted by atomic mass is 10.2. The number of esters is 1. The number of ether oxygens (including phenoxy) is 1. The minimum absolute atomic E-state index is 0.0547. The van der Waals surface area contributed by atoms with E-state index >= 15 is 0 Å². The summed E-state index contributed by atoms with van der Waals surface area (Å²) in [7, 11) is 0. The summed E-state index contributed by atoms with van der Waals surface area (Å²) in [6.45, 7) is 3.05. The van der Waals surface area contributed by atoms with Crippen molar-refractivity contribution in [1.29, 1.82) is 0 Å². The molecule has 0 saturated heterocycles. The second-order valence-corrected chi connectivity index (χ2v) is 2.08. The third-order valence-electron chi connectivity index (χ3n) is 1.09. The first-order chi connectivity index (χ1) is 5.50. The van der Waals surface area contributed by atoms with Gasteiger partial charge in [0.2, 0.25) is 0 Å². The molecule has 0 heterocycles. The molecule has 0 unspecified atom stereocenters. The van der Waals surface area contributed by atoms with Gasteiger partial charge in [-0.15, -0.1) is 0 Å². The lowest BCUT2D eigenvalue weighted by molar-refractivity contribution is -0.143. The lowest BCUT2D eigenvalue weighted by Gasteiger charge is -2.03. The third kappa shape index (κ3) is 2.61. The van der Waals surface area contributed by atoms with E-state index in [9.17, 15) is 9.59 Å². The Labute approximate surface area is 69.8 Å². The van der Waals surface area contributed by atoms with E-state index in [0.29, 0.717) is 0 Å². The highest BCUT2D eigenvalue weighted by molar-refractivity contribution is 6.13. The van der Waals surface area contributed by atoms with Gasteiger partial charge in [0.1, 0.15) is 0 Å². The van der Waals surface area contributed by atoms with Crippen LogP contribution in [-0.2, 0) is 14.3 Å². The van der Waals surface area contributed by atoms with Gasteiger partial charge in [0.25, 0.3) is 0 Å². The first kappa shape index (κ1) is 10.5. The Bertz CT molecular complexity index is 228. The number of hydrogen-bond acceptors (Lipinski definition) is 4. The largest absolute Gasteiger partial charge is 0.477 e. The Morgan fingerprint density at radius 3 is 2.25 bits per heavy atom. The Balaban J connectivity index is 4.67. The molecule has 3 N–H and O–H groups in total. The molecule has 0 rings (SSSR count). The molecule has 5 nitrogen and oxygen atoms in total. The summed E-state index contributed by atoms with van der Waals surface area (Å²) in [5.74, 6) is -2.27. The van der Waals surface area contributed by atoms with E-state index in [4.69, 9.17) is 10.8 Å². The topological polar surface area (TPSA) is 89.6 Å². The molecule has 5 heteroatoms. The van der Waals surface area contributed by atoms with Crippen LogP contribution in [0.4, 0.5) is 0 Å². The molecule has 0 amide bonds. The molecule has 68 valence electrons. The molecule has 0 aromatic heterocycles. The van der Waals surface area contributed by atoms with Gasteiger partial charge < -0.3 is 15.6 Å². The Morgan fingerprint density at radius 1 is 1.50 bits per heavy atom. The van der Waals surface area contributed by atoms with Crippen LogP contribution in [0.1, 0.15) is 13.8 Å². The van der Waals surface area contributed by atoms with Gasteiger partial charge in [-0.25, -0.2) is 9.59 Å². The minimum Gasteiger partial charge on any atom is -0.477 e. The molecule has 0 aliphatic rings. The second-order valence-electron chi connectivity index (χ2n) is 2.08. The van der Waals surface area contributed by atoms with Crippen molar-refractivity contribution in [3.8, 4) is 0 Å². The van der Waals surface area contributed by atoms with Crippen LogP contribution in [-0.4, -0.2) is 23.7 Å². The summed E-state index contributed by atoms with van der Waals surface area (Å²) >= 11 is 0. The van der Waals surface area contributed by atoms with Gasteiger partial charge in [-0.05, 0) is 13.8 Å². The normalized spacial score (nSPS) is 11.8. The fourth-order valence-corrected chi connectivity index (χ4v) is 0.620. The lowest BCUT2D eigenvalue weighted by Crippen LogP contribution is -2.19. The van der Waals surface area contributed by atoms with Crippen LogP contribution in [0.3, 0.4) is 0 Å². The molecule has 0 bridgehead atoms. The zero-order valence-corrected chi connectivity index (χ0v) is 6.96. The fraction of sp³-hybridized carbons (Fsp3) is 0.429. The zero-order chi connectivity index (χ0) is 9.72. The van der Waals surface area contributed by atoms with Crippen molar-refractivity contribution in [3.05, 3.63) is 11.3 Å². The predicted octanol–water partition coefficient (Wildman–Crippen LogP) is -0.133. The monoisotopic (exact) mass is 173 g/mol. The summed E-state index contributed by atoms with van der Waals surface area (Å²) in [6, 6.07) is 0. The SMILES string of the molecule is CCOC(=O)C(C(=O)O)=C(C)N. The maximum Gasteiger partial charge on any atom is 0.347 e. The molecular weight excluding hydrogens is 162 g/mol. The number of carboxylic acids is 1. The van der Waals surface area contributed by atoms with Gasteiger partial charge in [0.05, 0.1) is 6.61 Å². The van der Waals surface area contributed by atoms with Crippen LogP contribution < -0.4 is 5.73 Å². The standard InChI is InChI=1S/C7H11NO4/c1-3-12-7(11)5(4(2)8)6(9)10/h3,8H2,1-2H3,(H,9,10). The number of carbonyl (C=O) groups excluding carboxylic acids is 1. The van der Waals surface area contributed by atoms with E-state index in [1.54, 1.807) is 6.92 Å². The predicted molar refractivity (Wildman–Crippen MR) is 41.2 cm³/mol. The first-order valence-corrected chi connectivity index (χ1v) is 3.37. The van der Waals surface area contributed by atoms with E-state index in [0.717, 1.165) is 0 Å². The highest BCUT2D eigenvalue weighted by Crippen LogP contribution is 2.01. The summed E-state index contributed by atoms with van der Waals surface area (Å²) in [5, 5.41) is 8.50. The number of carboxylic acid groups (broad SMARTS) is 1. The van der Waals surface area contributed by atoms with Gasteiger partial charge in [0.15, 0.2) is 5.57 Å². The smallest absolute Gasteiger partial charge is 0.347 e. The molecule has 12 heavy (non-hydrogen) atoms. The van der Waals surface area contributed by atoms with Crippen molar-refractivity contribution >= 4 is 11.9 Å². The van der Waals surface area contributed by atoms with Gasteiger partial charge in [0, 0.05) is 5.70 Å². The molecule has 0 aliphatic heterocycles. The molecule has 0 fully saturated rings. The average molecular weight is 173 g/mol. The van der Waals surface area contributed by atoms with Crippen LogP contribution in [0.25, 0.3) is 0 Å². The Morgan fingerprint density at radius 2 is 2.00 bits per heavy atom. The zero-order valence-electron chi connectivity index (χ0n) is 6.96. The molecule has 0 aromatic carbocycles. The Hall–Kier alpha value is -1.52. The molecule has 0 atom stereocenters. The van der Waals surface area contributed by atoms with Gasteiger partial charge in [-0.3, -0.25) is 0 Å². The van der Waals surface area contributed by atoms with Crippen LogP contribution in [0.2, 0.25) is 0 Å². The fourth-order valence-electron chi connectivity index (χ4n) is 0.620. The molecule has 0 aliphatic carbocycles. The number of rotatable bonds is 3. The van der Waals surface area contributed by atoms with Crippen LogP contribution >= 0.6 is 0 Å². The summed E-state index contributed by atoms with van der Waals surface area (Å²) in [5.41, 5.74) is 4.61. The number of aliphatic carboxylic acids is 1. The first-order valence-electron chi connectivity index (χ1n) is 3.37. The Kier molecular flexibility index (Phi) is 3.82. The maximum atomic E-state index is 10.9. The third-order valence-corrected chi connectivity index (χ3v) is 1.09. The van der Waals surface area contributed by atoms with E-state index < -0.39 is 17.5 Å². The van der Waals surface area contributed by atoms with Crippen LogP contribution in [0, 0.1) is 0 Å². The molecule has 0 saturated carbocycles. The van der Waals surface area contributed by atoms with Crippen LogP contribution in [0.15, 0.2) is 11.3 Å². The molecular formula is C7H11NO4. The quantitative estimate of drug-likeness (QED) is 0.268. The number of allylic oxidation sites excluding steroid dienone is 1. The van der Waals surface area contributed by atoms with E-state index in [1.165, 1.54) is 6.92 Å². The van der Waals surface area contributed by atoms with Crippen molar-refractivity contribution in [1.82, 2.24) is 0 Å². The number of nitrogens with two attached hydrogens (primary N) is 1. The van der Waals surface area contributed by atoms with Crippen molar-refractivity contribution < 1.29 is 19.4 Å². The summed E-state index contributed by atoms with van der Waals surface area (Å²) in [4.78, 5) is 21.3. The molecule has 0 radical (unpaired) electrons. The van der Waals surface area contributed by atoms with Crippen molar-refractivity contribution in [2.45, 2.75) is 13.8 Å². The van der Waals surface area contributed by atoms with Crippen molar-refractivity contribution in [3.63, 3.8) is 0 Å². The van der Waals surface area contributed by atoms with Gasteiger partial charge in [-0.2, -0.15) is 0 Å². The molecule has 0 aromatic rings. The highest BCUT2D eigenvalue weighted by atomic mass is 16.5. The minimum atomic E-state index is -1.37. The van der Waals surface area contributed by atoms with Crippen molar-refractivity contribution in [2.75, 3.05) is 6.61 Å². The van der Waals surface area contributed by atoms with Gasteiger partial charge >= 0.3 is 11.9 Å². The molecule has 0 spiro atoms. The number of hydrogen-bond donors (Lipinski definition) is 2. The highest BCUT2D eigenvalue weighted by Gasteiger charge is 2.20.